The molecule has 0 amide bonds. The van der Waals surface area contributed by atoms with Crippen molar-refractivity contribution in [3.8, 4) is 0 Å². The fourth-order valence-electron chi connectivity index (χ4n) is 2.42. The molecule has 100 valence electrons. The Labute approximate surface area is 112 Å². The van der Waals surface area contributed by atoms with E-state index in [2.05, 4.69) is 15.3 Å². The molecule has 1 saturated heterocycles. The number of nitrogens with two attached hydrogens (primary N) is 1. The minimum atomic E-state index is 0.677. The van der Waals surface area contributed by atoms with Crippen LogP contribution in [0.3, 0.4) is 0 Å². The number of aromatic nitrogens is 2. The Morgan fingerprint density at radius 3 is 3.16 bits per heavy atom. The Balaban J connectivity index is 1.70. The summed E-state index contributed by atoms with van der Waals surface area (Å²) < 4.78 is 5.38. The third-order valence-electron chi connectivity index (χ3n) is 3.53. The maximum atomic E-state index is 5.76. The Hall–Kier alpha value is -1.88. The van der Waals surface area contributed by atoms with Crippen LogP contribution in [0.4, 0.5) is 11.5 Å². The van der Waals surface area contributed by atoms with Gasteiger partial charge in [-0.2, -0.15) is 0 Å². The van der Waals surface area contributed by atoms with Gasteiger partial charge >= 0.3 is 0 Å². The third-order valence-corrected chi connectivity index (χ3v) is 3.53. The molecule has 0 bridgehead atoms. The number of rotatable bonds is 4. The van der Waals surface area contributed by atoms with E-state index >= 15 is 0 Å². The van der Waals surface area contributed by atoms with Gasteiger partial charge in [-0.25, -0.2) is 9.97 Å². The number of nitrogens with one attached hydrogen (secondary N) is 1. The first-order valence-corrected chi connectivity index (χ1v) is 6.65. The van der Waals surface area contributed by atoms with E-state index in [9.17, 15) is 0 Å². The number of hydrogen-bond donors (Lipinski definition) is 2. The second-order valence-corrected chi connectivity index (χ2v) is 4.94. The molecular weight excluding hydrogens is 240 g/mol. The molecule has 1 unspecified atom stereocenters. The zero-order valence-electron chi connectivity index (χ0n) is 10.8. The zero-order valence-corrected chi connectivity index (χ0v) is 10.8. The summed E-state index contributed by atoms with van der Waals surface area (Å²) in [6, 6.07) is 5.71. The van der Waals surface area contributed by atoms with Crippen LogP contribution in [-0.4, -0.2) is 29.7 Å². The highest BCUT2D eigenvalue weighted by molar-refractivity contribution is 5.90. The van der Waals surface area contributed by atoms with Crippen molar-refractivity contribution < 1.29 is 4.74 Å². The number of fused-ring (bicyclic) bond motifs is 1. The van der Waals surface area contributed by atoms with Crippen LogP contribution in [0.2, 0.25) is 0 Å². The molecule has 0 aliphatic carbocycles. The molecule has 1 aliphatic rings. The lowest BCUT2D eigenvalue weighted by Crippen LogP contribution is -2.10. The van der Waals surface area contributed by atoms with Gasteiger partial charge in [0.15, 0.2) is 0 Å². The third kappa shape index (κ3) is 2.76. The van der Waals surface area contributed by atoms with Crippen LogP contribution in [0.5, 0.6) is 0 Å². The second kappa shape index (κ2) is 5.40. The molecule has 1 aliphatic heterocycles. The molecule has 3 N–H and O–H groups in total. The Morgan fingerprint density at radius 2 is 2.32 bits per heavy atom. The average molecular weight is 258 g/mol. The molecular formula is C14H18N4O. The Morgan fingerprint density at radius 1 is 1.37 bits per heavy atom. The Bertz CT molecular complexity index is 566. The predicted molar refractivity (Wildman–Crippen MR) is 76.0 cm³/mol. The first-order chi connectivity index (χ1) is 9.33. The first-order valence-electron chi connectivity index (χ1n) is 6.65. The maximum absolute atomic E-state index is 5.76. The lowest BCUT2D eigenvalue weighted by atomic mass is 10.1. The van der Waals surface area contributed by atoms with Crippen LogP contribution >= 0.6 is 0 Å². The molecule has 0 radical (unpaired) electrons. The normalized spacial score (nSPS) is 18.8. The number of ether oxygens (including phenoxy) is 1. The molecule has 2 heterocycles. The largest absolute Gasteiger partial charge is 0.399 e. The highest BCUT2D eigenvalue weighted by atomic mass is 16.5. The molecule has 1 fully saturated rings. The lowest BCUT2D eigenvalue weighted by molar-refractivity contribution is 0.185. The van der Waals surface area contributed by atoms with E-state index in [1.54, 1.807) is 6.33 Å². The molecule has 0 spiro atoms. The topological polar surface area (TPSA) is 73.1 Å². The van der Waals surface area contributed by atoms with Gasteiger partial charge in [0.05, 0.1) is 5.52 Å². The molecule has 1 atom stereocenters. The monoisotopic (exact) mass is 258 g/mol. The summed E-state index contributed by atoms with van der Waals surface area (Å²) in [5, 5.41) is 4.40. The van der Waals surface area contributed by atoms with Crippen LogP contribution in [0.15, 0.2) is 24.5 Å². The summed E-state index contributed by atoms with van der Waals surface area (Å²) in [5.74, 6) is 1.56. The predicted octanol–water partition coefficient (Wildman–Crippen LogP) is 2.05. The number of benzene rings is 1. The highest BCUT2D eigenvalue weighted by Crippen LogP contribution is 2.22. The van der Waals surface area contributed by atoms with Gasteiger partial charge < -0.3 is 15.8 Å². The molecule has 1 aromatic carbocycles. The van der Waals surface area contributed by atoms with E-state index in [1.165, 1.54) is 6.42 Å². The summed E-state index contributed by atoms with van der Waals surface area (Å²) in [5.41, 5.74) is 7.36. The number of anilines is 2. The van der Waals surface area contributed by atoms with Crippen molar-refractivity contribution in [3.05, 3.63) is 24.5 Å². The summed E-state index contributed by atoms with van der Waals surface area (Å²) in [4.78, 5) is 8.54. The van der Waals surface area contributed by atoms with Gasteiger partial charge in [-0.05, 0) is 37.0 Å². The van der Waals surface area contributed by atoms with E-state index in [-0.39, 0.29) is 0 Å². The first kappa shape index (κ1) is 12.2. The smallest absolute Gasteiger partial charge is 0.137 e. The zero-order chi connectivity index (χ0) is 13.1. The average Bonchev–Trinajstić information content (AvgIpc) is 2.92. The van der Waals surface area contributed by atoms with Gasteiger partial charge in [-0.3, -0.25) is 0 Å². The minimum Gasteiger partial charge on any atom is -0.399 e. The van der Waals surface area contributed by atoms with Crippen LogP contribution in [0.1, 0.15) is 12.8 Å². The van der Waals surface area contributed by atoms with E-state index in [0.29, 0.717) is 5.92 Å². The molecule has 0 saturated carbocycles. The van der Waals surface area contributed by atoms with Gasteiger partial charge in [0.1, 0.15) is 12.1 Å². The van der Waals surface area contributed by atoms with Crippen molar-refractivity contribution in [2.75, 3.05) is 30.8 Å². The van der Waals surface area contributed by atoms with E-state index in [4.69, 9.17) is 10.5 Å². The molecule has 5 heteroatoms. The van der Waals surface area contributed by atoms with E-state index in [1.807, 2.05) is 18.2 Å². The summed E-state index contributed by atoms with van der Waals surface area (Å²) >= 11 is 0. The maximum Gasteiger partial charge on any atom is 0.137 e. The van der Waals surface area contributed by atoms with E-state index in [0.717, 1.165) is 48.6 Å². The van der Waals surface area contributed by atoms with Crippen molar-refractivity contribution in [2.45, 2.75) is 12.8 Å². The van der Waals surface area contributed by atoms with Crippen molar-refractivity contribution in [3.63, 3.8) is 0 Å². The van der Waals surface area contributed by atoms with Gasteiger partial charge in [0, 0.05) is 30.8 Å². The second-order valence-electron chi connectivity index (χ2n) is 4.94. The lowest BCUT2D eigenvalue weighted by Gasteiger charge is -2.11. The molecule has 5 nitrogen and oxygen atoms in total. The molecule has 2 aromatic rings. The molecule has 3 rings (SSSR count). The van der Waals surface area contributed by atoms with Crippen molar-refractivity contribution in [2.24, 2.45) is 5.92 Å². The Kier molecular flexibility index (Phi) is 3.46. The quantitative estimate of drug-likeness (QED) is 0.821. The van der Waals surface area contributed by atoms with Crippen molar-refractivity contribution in [1.82, 2.24) is 9.97 Å². The summed E-state index contributed by atoms with van der Waals surface area (Å²) in [6.07, 6.45) is 3.85. The van der Waals surface area contributed by atoms with Crippen LogP contribution in [0, 0.1) is 5.92 Å². The van der Waals surface area contributed by atoms with Gasteiger partial charge in [-0.1, -0.05) is 0 Å². The fourth-order valence-corrected chi connectivity index (χ4v) is 2.42. The van der Waals surface area contributed by atoms with Gasteiger partial charge in [0.25, 0.3) is 0 Å². The number of nitrogens with zero attached hydrogens (tertiary/aromatic N) is 2. The van der Waals surface area contributed by atoms with Crippen molar-refractivity contribution in [1.29, 1.82) is 0 Å². The SMILES string of the molecule is Nc1ccc2c(NCCC3CCOC3)ncnc2c1. The molecule has 1 aromatic heterocycles. The van der Waals surface area contributed by atoms with Gasteiger partial charge in [0.2, 0.25) is 0 Å². The highest BCUT2D eigenvalue weighted by Gasteiger charge is 2.15. The minimum absolute atomic E-state index is 0.677. The number of nitrogen functional groups attached to an aromatic ring is 1. The fraction of sp³-hybridized carbons (Fsp3) is 0.429. The standard InChI is InChI=1S/C14H18N4O/c15-11-1-2-12-13(7-11)17-9-18-14(12)16-5-3-10-4-6-19-8-10/h1-2,7,9-10H,3-6,8,15H2,(H,16,17,18). The molecule has 19 heavy (non-hydrogen) atoms. The van der Waals surface area contributed by atoms with Crippen molar-refractivity contribution >= 4 is 22.4 Å². The van der Waals surface area contributed by atoms with E-state index < -0.39 is 0 Å². The summed E-state index contributed by atoms with van der Waals surface area (Å²) in [6.45, 7) is 2.70. The number of hydrogen-bond acceptors (Lipinski definition) is 5. The summed E-state index contributed by atoms with van der Waals surface area (Å²) in [7, 11) is 0. The van der Waals surface area contributed by atoms with Crippen LogP contribution in [0.25, 0.3) is 10.9 Å². The van der Waals surface area contributed by atoms with Crippen LogP contribution in [-0.2, 0) is 4.74 Å². The van der Waals surface area contributed by atoms with Gasteiger partial charge in [-0.15, -0.1) is 0 Å². The van der Waals surface area contributed by atoms with Crippen LogP contribution < -0.4 is 11.1 Å².